The summed E-state index contributed by atoms with van der Waals surface area (Å²) in [6.07, 6.45) is 1.52. The molecule has 8 heteroatoms. The van der Waals surface area contributed by atoms with Gasteiger partial charge in [0.15, 0.2) is 6.61 Å². The van der Waals surface area contributed by atoms with Crippen molar-refractivity contribution in [3.05, 3.63) is 55.9 Å². The number of hydrogen-bond acceptors (Lipinski definition) is 4. The van der Waals surface area contributed by atoms with Crippen LogP contribution in [-0.2, 0) is 4.79 Å². The summed E-state index contributed by atoms with van der Waals surface area (Å²) in [5.74, 6) is 0.877. The number of nitrogens with zero attached hydrogens (tertiary/aromatic N) is 1. The average molecular weight is 477 g/mol. The highest BCUT2D eigenvalue weighted by atomic mass is 79.9. The molecule has 5 nitrogen and oxygen atoms in total. The van der Waals surface area contributed by atoms with Gasteiger partial charge in [0.25, 0.3) is 5.91 Å². The lowest BCUT2D eigenvalue weighted by atomic mass is 10.2. The molecule has 1 amide bonds. The molecule has 0 aliphatic carbocycles. The van der Waals surface area contributed by atoms with Crippen LogP contribution in [0.1, 0.15) is 5.56 Å². The minimum absolute atomic E-state index is 0.144. The van der Waals surface area contributed by atoms with E-state index in [-0.39, 0.29) is 12.5 Å². The van der Waals surface area contributed by atoms with E-state index >= 15 is 0 Å². The molecule has 0 aliphatic heterocycles. The number of ether oxygens (including phenoxy) is 2. The molecular weight excluding hydrogens is 463 g/mol. The van der Waals surface area contributed by atoms with Crippen molar-refractivity contribution in [1.82, 2.24) is 5.43 Å². The first-order valence-electron chi connectivity index (χ1n) is 6.73. The number of benzene rings is 2. The molecule has 0 saturated carbocycles. The lowest BCUT2D eigenvalue weighted by Crippen LogP contribution is -2.24. The number of carbonyl (C=O) groups is 1. The van der Waals surface area contributed by atoms with Crippen molar-refractivity contribution in [2.24, 2.45) is 5.10 Å². The van der Waals surface area contributed by atoms with Crippen molar-refractivity contribution in [2.45, 2.75) is 0 Å². The maximum absolute atomic E-state index is 11.7. The molecule has 0 spiro atoms. The number of nitrogens with one attached hydrogen (secondary N) is 1. The van der Waals surface area contributed by atoms with Crippen LogP contribution in [0.25, 0.3) is 0 Å². The first-order chi connectivity index (χ1) is 11.5. The largest absolute Gasteiger partial charge is 0.494 e. The number of methoxy groups -OCH3 is 1. The maximum Gasteiger partial charge on any atom is 0.277 e. The average Bonchev–Trinajstić information content (AvgIpc) is 2.54. The quantitative estimate of drug-likeness (QED) is 0.497. The zero-order valence-corrected chi connectivity index (χ0v) is 16.5. The van der Waals surface area contributed by atoms with Crippen molar-refractivity contribution < 1.29 is 14.3 Å². The Hall–Kier alpha value is -1.57. The van der Waals surface area contributed by atoms with Gasteiger partial charge in [0.05, 0.1) is 22.3 Å². The number of hydrogen-bond donors (Lipinski definition) is 1. The third-order valence-corrected chi connectivity index (χ3v) is 4.24. The van der Waals surface area contributed by atoms with E-state index in [4.69, 9.17) is 21.1 Å². The van der Waals surface area contributed by atoms with Crippen LogP contribution >= 0.6 is 43.5 Å². The standard InChI is InChI=1S/C16H13Br2ClN2O3/c1-23-16-13(17)6-10(7-14(16)18)8-20-21-15(22)9-24-12-4-2-11(19)3-5-12/h2-8H,9H2,1H3,(H,21,22)/b20-8+. The molecule has 2 rings (SSSR count). The molecule has 0 heterocycles. The fourth-order valence-corrected chi connectivity index (χ4v) is 3.41. The second-order valence-corrected chi connectivity index (χ2v) is 6.70. The number of carbonyl (C=O) groups excluding carboxylic acids is 1. The zero-order valence-electron chi connectivity index (χ0n) is 12.6. The lowest BCUT2D eigenvalue weighted by Gasteiger charge is -2.07. The third kappa shape index (κ3) is 5.51. The molecule has 2 aromatic rings. The first-order valence-corrected chi connectivity index (χ1v) is 8.69. The van der Waals surface area contributed by atoms with Gasteiger partial charge < -0.3 is 9.47 Å². The van der Waals surface area contributed by atoms with Crippen molar-refractivity contribution in [3.8, 4) is 11.5 Å². The van der Waals surface area contributed by atoms with E-state index in [9.17, 15) is 4.79 Å². The molecule has 24 heavy (non-hydrogen) atoms. The predicted molar refractivity (Wildman–Crippen MR) is 101 cm³/mol. The molecule has 0 bridgehead atoms. The molecule has 0 saturated heterocycles. The normalized spacial score (nSPS) is 10.7. The summed E-state index contributed by atoms with van der Waals surface area (Å²) in [5, 5.41) is 4.50. The smallest absolute Gasteiger partial charge is 0.277 e. The van der Waals surface area contributed by atoms with E-state index in [2.05, 4.69) is 42.4 Å². The highest BCUT2D eigenvalue weighted by molar-refractivity contribution is 9.11. The molecule has 0 aromatic heterocycles. The van der Waals surface area contributed by atoms with Crippen LogP contribution in [0, 0.1) is 0 Å². The van der Waals surface area contributed by atoms with Gasteiger partial charge in [0.1, 0.15) is 11.5 Å². The van der Waals surface area contributed by atoms with Crippen molar-refractivity contribution >= 4 is 55.6 Å². The SMILES string of the molecule is COc1c(Br)cc(/C=N/NC(=O)COc2ccc(Cl)cc2)cc1Br. The Balaban J connectivity index is 1.87. The monoisotopic (exact) mass is 474 g/mol. The second kappa shape index (κ2) is 9.05. The number of amides is 1. The first kappa shape index (κ1) is 18.8. The van der Waals surface area contributed by atoms with E-state index in [1.807, 2.05) is 12.1 Å². The van der Waals surface area contributed by atoms with Crippen LogP contribution in [0.15, 0.2) is 50.4 Å². The van der Waals surface area contributed by atoms with Gasteiger partial charge in [-0.25, -0.2) is 5.43 Å². The molecule has 0 atom stereocenters. The molecular formula is C16H13Br2ClN2O3. The summed E-state index contributed by atoms with van der Waals surface area (Å²) in [6, 6.07) is 10.4. The summed E-state index contributed by atoms with van der Waals surface area (Å²) in [6.45, 7) is -0.144. The van der Waals surface area contributed by atoms with Gasteiger partial charge in [0, 0.05) is 5.02 Å². The van der Waals surface area contributed by atoms with Gasteiger partial charge in [-0.1, -0.05) is 11.6 Å². The van der Waals surface area contributed by atoms with E-state index in [0.717, 1.165) is 14.5 Å². The Bertz CT molecular complexity index is 728. The van der Waals surface area contributed by atoms with Gasteiger partial charge >= 0.3 is 0 Å². The third-order valence-electron chi connectivity index (χ3n) is 2.81. The number of rotatable bonds is 6. The fourth-order valence-electron chi connectivity index (χ4n) is 1.74. The summed E-state index contributed by atoms with van der Waals surface area (Å²) >= 11 is 12.6. The maximum atomic E-state index is 11.7. The molecule has 1 N–H and O–H groups in total. The van der Waals surface area contributed by atoms with Crippen LogP contribution < -0.4 is 14.9 Å². The Morgan fingerprint density at radius 2 is 1.88 bits per heavy atom. The Kier molecular flexibility index (Phi) is 7.08. The molecule has 2 aromatic carbocycles. The minimum Gasteiger partial charge on any atom is -0.494 e. The predicted octanol–water partition coefficient (Wildman–Crippen LogP) is 4.40. The van der Waals surface area contributed by atoms with Crippen LogP contribution in [0.5, 0.6) is 11.5 Å². The Labute approximate surface area is 161 Å². The van der Waals surface area contributed by atoms with Gasteiger partial charge in [-0.2, -0.15) is 5.10 Å². The molecule has 0 aliphatic rings. The Morgan fingerprint density at radius 3 is 2.46 bits per heavy atom. The summed E-state index contributed by atoms with van der Waals surface area (Å²) in [5.41, 5.74) is 3.18. The fraction of sp³-hybridized carbons (Fsp3) is 0.125. The minimum atomic E-state index is -0.368. The van der Waals surface area contributed by atoms with Gasteiger partial charge in [-0.3, -0.25) is 4.79 Å². The van der Waals surface area contributed by atoms with Gasteiger partial charge in [0.2, 0.25) is 0 Å². The van der Waals surface area contributed by atoms with Crippen LogP contribution in [0.3, 0.4) is 0 Å². The van der Waals surface area contributed by atoms with Crippen molar-refractivity contribution in [2.75, 3.05) is 13.7 Å². The molecule has 0 unspecified atom stereocenters. The van der Waals surface area contributed by atoms with Crippen LogP contribution in [-0.4, -0.2) is 25.8 Å². The number of halogens is 3. The lowest BCUT2D eigenvalue weighted by molar-refractivity contribution is -0.123. The topological polar surface area (TPSA) is 59.9 Å². The van der Waals surface area contributed by atoms with E-state index in [0.29, 0.717) is 16.5 Å². The summed E-state index contributed by atoms with van der Waals surface area (Å²) in [7, 11) is 1.58. The van der Waals surface area contributed by atoms with E-state index in [1.54, 1.807) is 31.4 Å². The highest BCUT2D eigenvalue weighted by Gasteiger charge is 2.07. The van der Waals surface area contributed by atoms with Gasteiger partial charge in [-0.05, 0) is 73.8 Å². The van der Waals surface area contributed by atoms with Crippen LogP contribution in [0.4, 0.5) is 0 Å². The second-order valence-electron chi connectivity index (χ2n) is 4.55. The van der Waals surface area contributed by atoms with E-state index < -0.39 is 0 Å². The highest BCUT2D eigenvalue weighted by Crippen LogP contribution is 2.33. The summed E-state index contributed by atoms with van der Waals surface area (Å²) in [4.78, 5) is 11.7. The van der Waals surface area contributed by atoms with E-state index in [1.165, 1.54) is 6.21 Å². The van der Waals surface area contributed by atoms with Crippen LogP contribution in [0.2, 0.25) is 5.02 Å². The zero-order chi connectivity index (χ0) is 17.5. The van der Waals surface area contributed by atoms with Crippen molar-refractivity contribution in [3.63, 3.8) is 0 Å². The Morgan fingerprint density at radius 1 is 1.25 bits per heavy atom. The van der Waals surface area contributed by atoms with Crippen molar-refractivity contribution in [1.29, 1.82) is 0 Å². The molecule has 126 valence electrons. The summed E-state index contributed by atoms with van der Waals surface area (Å²) < 4.78 is 12.1. The van der Waals surface area contributed by atoms with Gasteiger partial charge in [-0.15, -0.1) is 0 Å². The molecule has 0 radical (unpaired) electrons. The number of hydrazone groups is 1. The molecule has 0 fully saturated rings.